The van der Waals surface area contributed by atoms with Crippen LogP contribution in [-0.4, -0.2) is 60.4 Å². The lowest BCUT2D eigenvalue weighted by Crippen LogP contribution is -2.47. The van der Waals surface area contributed by atoms with E-state index in [1.54, 1.807) is 10.6 Å². The van der Waals surface area contributed by atoms with Crippen LogP contribution in [-0.2, 0) is 6.42 Å². The van der Waals surface area contributed by atoms with E-state index in [-0.39, 0.29) is 5.56 Å². The maximum atomic E-state index is 12.4. The zero-order valence-corrected chi connectivity index (χ0v) is 17.1. The van der Waals surface area contributed by atoms with Crippen LogP contribution in [0.5, 0.6) is 0 Å². The molecule has 5 rings (SSSR count). The van der Waals surface area contributed by atoms with Crippen molar-refractivity contribution in [2.24, 2.45) is 0 Å². The van der Waals surface area contributed by atoms with Gasteiger partial charge in [-0.25, -0.2) is 9.97 Å². The largest absolute Gasteiger partial charge is 0.353 e. The summed E-state index contributed by atoms with van der Waals surface area (Å²) in [6.07, 6.45) is 3.30. The van der Waals surface area contributed by atoms with E-state index in [4.69, 9.17) is 0 Å². The second-order valence-corrected chi connectivity index (χ2v) is 8.05. The first-order valence-corrected chi connectivity index (χ1v) is 10.5. The van der Waals surface area contributed by atoms with Crippen molar-refractivity contribution >= 4 is 33.0 Å². The van der Waals surface area contributed by atoms with E-state index in [1.807, 2.05) is 13.0 Å². The molecule has 29 heavy (non-hydrogen) atoms. The van der Waals surface area contributed by atoms with Crippen LogP contribution in [0.3, 0.4) is 0 Å². The molecule has 0 saturated carbocycles. The molecule has 0 spiro atoms. The molecule has 0 N–H and O–H groups in total. The van der Waals surface area contributed by atoms with Crippen molar-refractivity contribution in [1.82, 2.24) is 34.2 Å². The predicted octanol–water partition coefficient (Wildman–Crippen LogP) is 1.18. The van der Waals surface area contributed by atoms with Gasteiger partial charge in [-0.15, -0.1) is 5.10 Å². The van der Waals surface area contributed by atoms with Gasteiger partial charge in [-0.3, -0.25) is 4.79 Å². The van der Waals surface area contributed by atoms with Crippen LogP contribution in [0.25, 0.3) is 10.7 Å². The molecule has 0 bridgehead atoms. The third-order valence-electron chi connectivity index (χ3n) is 5.03. The highest BCUT2D eigenvalue weighted by Gasteiger charge is 2.23. The topological polar surface area (TPSA) is 96.8 Å². The van der Waals surface area contributed by atoms with E-state index < -0.39 is 0 Å². The van der Waals surface area contributed by atoms with Gasteiger partial charge in [0.15, 0.2) is 0 Å². The second-order valence-electron chi connectivity index (χ2n) is 7.12. The van der Waals surface area contributed by atoms with Crippen LogP contribution >= 0.6 is 11.3 Å². The summed E-state index contributed by atoms with van der Waals surface area (Å²) in [5, 5.41) is 9.66. The minimum absolute atomic E-state index is 0.111. The predicted molar refractivity (Wildman–Crippen MR) is 111 cm³/mol. The number of anilines is 2. The van der Waals surface area contributed by atoms with Crippen LogP contribution in [0, 0.1) is 6.92 Å². The minimum atomic E-state index is -0.111. The Hall–Kier alpha value is -3.08. The van der Waals surface area contributed by atoms with Crippen LogP contribution in [0.2, 0.25) is 0 Å². The molecule has 1 aliphatic rings. The number of nitrogens with zero attached hydrogens (tertiary/aromatic N) is 9. The van der Waals surface area contributed by atoms with Crippen molar-refractivity contribution in [3.8, 4) is 0 Å². The summed E-state index contributed by atoms with van der Waals surface area (Å²) in [4.78, 5) is 30.7. The van der Waals surface area contributed by atoms with Crippen LogP contribution in [0.15, 0.2) is 23.3 Å². The molecule has 4 aromatic rings. The Kier molecular flexibility index (Phi) is 4.38. The highest BCUT2D eigenvalue weighted by atomic mass is 32.1. The molecule has 1 saturated heterocycles. The quantitative estimate of drug-likeness (QED) is 0.494. The fourth-order valence-corrected chi connectivity index (χ4v) is 4.60. The minimum Gasteiger partial charge on any atom is -0.353 e. The van der Waals surface area contributed by atoms with Gasteiger partial charge in [0.25, 0.3) is 11.3 Å². The number of aryl methyl sites for hydroxylation is 2. The molecule has 0 aromatic carbocycles. The standard InChI is InChI=1S/C18H21N9OS/c1-3-4-13-10-15(28)27-17(22-13)29-18(23-27)25-7-5-24(6-8-25)14-9-12(2)21-16-19-11-20-26(14)16/h9-11H,3-8H2,1-2H3. The summed E-state index contributed by atoms with van der Waals surface area (Å²) >= 11 is 1.47. The number of rotatable bonds is 4. The molecule has 1 fully saturated rings. The molecule has 10 nitrogen and oxygen atoms in total. The van der Waals surface area contributed by atoms with E-state index in [0.717, 1.165) is 61.4 Å². The zero-order chi connectivity index (χ0) is 20.0. The van der Waals surface area contributed by atoms with Gasteiger partial charge in [-0.05, 0) is 13.3 Å². The lowest BCUT2D eigenvalue weighted by atomic mass is 10.2. The van der Waals surface area contributed by atoms with E-state index in [9.17, 15) is 4.79 Å². The monoisotopic (exact) mass is 411 g/mol. The highest BCUT2D eigenvalue weighted by molar-refractivity contribution is 7.20. The summed E-state index contributed by atoms with van der Waals surface area (Å²) in [6, 6.07) is 3.63. The fraction of sp³-hybridized carbons (Fsp3) is 0.444. The number of aromatic nitrogens is 7. The normalized spacial score (nSPS) is 15.0. The molecular weight excluding hydrogens is 390 g/mol. The van der Waals surface area contributed by atoms with Crippen molar-refractivity contribution in [3.05, 3.63) is 40.2 Å². The Bertz CT molecular complexity index is 1240. The molecule has 0 unspecified atom stereocenters. The summed E-state index contributed by atoms with van der Waals surface area (Å²) in [6.45, 7) is 7.28. The summed E-state index contributed by atoms with van der Waals surface area (Å²) in [7, 11) is 0. The van der Waals surface area contributed by atoms with Gasteiger partial charge < -0.3 is 9.80 Å². The zero-order valence-electron chi connectivity index (χ0n) is 16.3. The van der Waals surface area contributed by atoms with Gasteiger partial charge in [0.1, 0.15) is 12.1 Å². The summed E-state index contributed by atoms with van der Waals surface area (Å²) in [5.41, 5.74) is 1.64. The number of piperazine rings is 1. The first-order chi connectivity index (χ1) is 14.1. The SMILES string of the molecule is CCCc1cc(=O)n2nc(N3CCN(c4cc(C)nc5ncnn45)CC3)sc2n1. The summed E-state index contributed by atoms with van der Waals surface area (Å²) < 4.78 is 3.19. The molecular formula is C18H21N9OS. The Labute approximate surface area is 170 Å². The Morgan fingerprint density at radius 1 is 1.07 bits per heavy atom. The molecule has 0 aliphatic carbocycles. The molecule has 5 heterocycles. The summed E-state index contributed by atoms with van der Waals surface area (Å²) in [5.74, 6) is 1.61. The van der Waals surface area contributed by atoms with Gasteiger partial charge in [0.2, 0.25) is 10.1 Å². The van der Waals surface area contributed by atoms with Crippen molar-refractivity contribution < 1.29 is 0 Å². The molecule has 0 atom stereocenters. The van der Waals surface area contributed by atoms with Crippen molar-refractivity contribution in [1.29, 1.82) is 0 Å². The van der Waals surface area contributed by atoms with Crippen LogP contribution < -0.4 is 15.4 Å². The average molecular weight is 411 g/mol. The molecule has 4 aromatic heterocycles. The Morgan fingerprint density at radius 3 is 2.66 bits per heavy atom. The first kappa shape index (κ1) is 18.0. The lowest BCUT2D eigenvalue weighted by molar-refractivity contribution is 0.633. The lowest BCUT2D eigenvalue weighted by Gasteiger charge is -2.35. The number of fused-ring (bicyclic) bond motifs is 2. The van der Waals surface area contributed by atoms with Gasteiger partial charge in [-0.2, -0.15) is 19.1 Å². The van der Waals surface area contributed by atoms with Crippen molar-refractivity contribution in [2.45, 2.75) is 26.7 Å². The second kappa shape index (κ2) is 7.07. The van der Waals surface area contributed by atoms with Gasteiger partial charge >= 0.3 is 0 Å². The number of hydrogen-bond acceptors (Lipinski definition) is 9. The van der Waals surface area contributed by atoms with Gasteiger partial charge in [0, 0.05) is 49.7 Å². The molecule has 0 radical (unpaired) electrons. The maximum Gasteiger partial charge on any atom is 0.275 e. The molecule has 150 valence electrons. The first-order valence-electron chi connectivity index (χ1n) is 9.69. The van der Waals surface area contributed by atoms with Crippen LogP contribution in [0.4, 0.5) is 10.9 Å². The van der Waals surface area contributed by atoms with Crippen LogP contribution in [0.1, 0.15) is 24.7 Å². The third kappa shape index (κ3) is 3.20. The molecule has 11 heteroatoms. The number of hydrogen-bond donors (Lipinski definition) is 0. The van der Waals surface area contributed by atoms with Gasteiger partial charge in [0.05, 0.1) is 0 Å². The third-order valence-corrected chi connectivity index (χ3v) is 6.00. The van der Waals surface area contributed by atoms with Crippen molar-refractivity contribution in [3.63, 3.8) is 0 Å². The van der Waals surface area contributed by atoms with E-state index in [0.29, 0.717) is 10.7 Å². The Balaban J connectivity index is 1.38. The fourth-order valence-electron chi connectivity index (χ4n) is 3.62. The van der Waals surface area contributed by atoms with E-state index >= 15 is 0 Å². The molecule has 1 aliphatic heterocycles. The van der Waals surface area contributed by atoms with E-state index in [1.165, 1.54) is 22.2 Å². The Morgan fingerprint density at radius 2 is 1.86 bits per heavy atom. The smallest absolute Gasteiger partial charge is 0.275 e. The van der Waals surface area contributed by atoms with E-state index in [2.05, 4.69) is 41.9 Å². The average Bonchev–Trinajstić information content (AvgIpc) is 3.35. The van der Waals surface area contributed by atoms with Crippen molar-refractivity contribution in [2.75, 3.05) is 36.0 Å². The van der Waals surface area contributed by atoms with Gasteiger partial charge in [-0.1, -0.05) is 24.7 Å². The highest BCUT2D eigenvalue weighted by Crippen LogP contribution is 2.25. The maximum absolute atomic E-state index is 12.4. The molecule has 0 amide bonds.